The first-order chi connectivity index (χ1) is 14.3. The van der Waals surface area contributed by atoms with Gasteiger partial charge < -0.3 is 20.7 Å². The molecule has 0 aliphatic carbocycles. The van der Waals surface area contributed by atoms with Gasteiger partial charge in [-0.05, 0) is 43.5 Å². The smallest absolute Gasteiger partial charge is 0.225 e. The van der Waals surface area contributed by atoms with Crippen LogP contribution in [0.1, 0.15) is 37.7 Å². The quantitative estimate of drug-likeness (QED) is 0.200. The fourth-order valence-corrected chi connectivity index (χ4v) is 3.35. The molecule has 0 fully saturated rings. The van der Waals surface area contributed by atoms with Gasteiger partial charge in [-0.1, -0.05) is 36.4 Å². The van der Waals surface area contributed by atoms with Gasteiger partial charge in [0.25, 0.3) is 0 Å². The van der Waals surface area contributed by atoms with Gasteiger partial charge >= 0.3 is 0 Å². The number of carbonyl (C=O) groups excluding carboxylic acids is 1. The van der Waals surface area contributed by atoms with E-state index in [4.69, 9.17) is 9.73 Å². The molecule has 2 aromatic rings. The first kappa shape index (κ1) is 24.0. The maximum absolute atomic E-state index is 12.0. The summed E-state index contributed by atoms with van der Waals surface area (Å²) in [6.45, 7) is 4.95. The van der Waals surface area contributed by atoms with Gasteiger partial charge in [-0.3, -0.25) is 9.79 Å². The molecule has 0 saturated heterocycles. The molecule has 1 aliphatic rings. The summed E-state index contributed by atoms with van der Waals surface area (Å²) in [6.07, 6.45) is 2.43. The SMILES string of the molecule is CCNC(=NCC1CC(=O)Nc2ccccc21)NCCCCOc1ccccc1.I. The minimum Gasteiger partial charge on any atom is -0.494 e. The van der Waals surface area contributed by atoms with Crippen molar-refractivity contribution >= 4 is 41.5 Å². The number of para-hydroxylation sites is 2. The zero-order valence-corrected chi connectivity index (χ0v) is 19.7. The second-order valence-electron chi connectivity index (χ2n) is 7.05. The Morgan fingerprint density at radius 1 is 1.10 bits per heavy atom. The number of fused-ring (bicyclic) bond motifs is 1. The molecule has 3 N–H and O–H groups in total. The van der Waals surface area contributed by atoms with Crippen molar-refractivity contribution in [2.45, 2.75) is 32.1 Å². The van der Waals surface area contributed by atoms with Crippen molar-refractivity contribution in [3.63, 3.8) is 0 Å². The van der Waals surface area contributed by atoms with Gasteiger partial charge in [-0.25, -0.2) is 0 Å². The average molecular weight is 522 g/mol. The standard InChI is InChI=1S/C23H30N4O2.HI/c1-2-24-23(25-14-8-9-15-29-19-10-4-3-5-11-19)26-17-18-16-22(28)27-21-13-7-6-12-20(18)21;/h3-7,10-13,18H,2,8-9,14-17H2,1H3,(H,27,28)(H2,24,25,26);1H. The summed E-state index contributed by atoms with van der Waals surface area (Å²) < 4.78 is 5.72. The van der Waals surface area contributed by atoms with E-state index in [0.29, 0.717) is 19.6 Å². The molecule has 1 amide bonds. The second-order valence-corrected chi connectivity index (χ2v) is 7.05. The number of aliphatic imine (C=N–C) groups is 1. The average Bonchev–Trinajstić information content (AvgIpc) is 2.74. The van der Waals surface area contributed by atoms with Crippen molar-refractivity contribution in [2.75, 3.05) is 31.6 Å². The van der Waals surface area contributed by atoms with Gasteiger partial charge in [-0.15, -0.1) is 24.0 Å². The Labute approximate surface area is 195 Å². The van der Waals surface area contributed by atoms with Crippen molar-refractivity contribution in [2.24, 2.45) is 4.99 Å². The van der Waals surface area contributed by atoms with Crippen LogP contribution in [0.2, 0.25) is 0 Å². The Hall–Kier alpha value is -2.29. The van der Waals surface area contributed by atoms with Crippen molar-refractivity contribution in [3.8, 4) is 5.75 Å². The van der Waals surface area contributed by atoms with Crippen LogP contribution in [-0.2, 0) is 4.79 Å². The zero-order valence-electron chi connectivity index (χ0n) is 17.4. The molecule has 3 rings (SSSR count). The number of halogens is 1. The molecule has 1 heterocycles. The minimum atomic E-state index is 0. The molecule has 6 nitrogen and oxygen atoms in total. The number of carbonyl (C=O) groups is 1. The van der Waals surface area contributed by atoms with E-state index in [1.54, 1.807) is 0 Å². The summed E-state index contributed by atoms with van der Waals surface area (Å²) in [5.41, 5.74) is 2.06. The third-order valence-corrected chi connectivity index (χ3v) is 4.80. The maximum Gasteiger partial charge on any atom is 0.225 e. The number of rotatable bonds is 9. The summed E-state index contributed by atoms with van der Waals surface area (Å²) in [4.78, 5) is 16.7. The Bertz CT molecular complexity index is 814. The third kappa shape index (κ3) is 7.51. The van der Waals surface area contributed by atoms with Crippen molar-refractivity contribution in [3.05, 3.63) is 60.2 Å². The van der Waals surface area contributed by atoms with E-state index >= 15 is 0 Å². The van der Waals surface area contributed by atoms with E-state index < -0.39 is 0 Å². The molecule has 0 saturated carbocycles. The van der Waals surface area contributed by atoms with Crippen LogP contribution in [0.3, 0.4) is 0 Å². The zero-order chi connectivity index (χ0) is 20.3. The lowest BCUT2D eigenvalue weighted by Crippen LogP contribution is -2.38. The fraction of sp³-hybridized carbons (Fsp3) is 0.391. The monoisotopic (exact) mass is 522 g/mol. The van der Waals surface area contributed by atoms with E-state index in [9.17, 15) is 4.79 Å². The Kier molecular flexibility index (Phi) is 10.5. The van der Waals surface area contributed by atoms with Gasteiger partial charge in [0.15, 0.2) is 5.96 Å². The number of ether oxygens (including phenoxy) is 1. The van der Waals surface area contributed by atoms with Gasteiger partial charge in [0.05, 0.1) is 13.2 Å². The Balaban J connectivity index is 0.00000320. The molecular weight excluding hydrogens is 491 g/mol. The predicted molar refractivity (Wildman–Crippen MR) is 133 cm³/mol. The maximum atomic E-state index is 12.0. The predicted octanol–water partition coefficient (Wildman–Crippen LogP) is 4.14. The number of benzene rings is 2. The fourth-order valence-electron chi connectivity index (χ4n) is 3.35. The molecule has 2 aromatic carbocycles. The molecule has 0 spiro atoms. The largest absolute Gasteiger partial charge is 0.494 e. The summed E-state index contributed by atoms with van der Waals surface area (Å²) in [5.74, 6) is 1.86. The molecule has 162 valence electrons. The molecule has 30 heavy (non-hydrogen) atoms. The van der Waals surface area contributed by atoms with Crippen molar-refractivity contribution in [1.82, 2.24) is 10.6 Å². The highest BCUT2D eigenvalue weighted by Gasteiger charge is 2.24. The van der Waals surface area contributed by atoms with Crippen molar-refractivity contribution < 1.29 is 9.53 Å². The summed E-state index contributed by atoms with van der Waals surface area (Å²) >= 11 is 0. The number of guanidine groups is 1. The number of nitrogens with one attached hydrogen (secondary N) is 3. The lowest BCUT2D eigenvalue weighted by molar-refractivity contribution is -0.116. The van der Waals surface area contributed by atoms with E-state index in [2.05, 4.69) is 22.0 Å². The van der Waals surface area contributed by atoms with Crippen LogP contribution in [0.4, 0.5) is 5.69 Å². The minimum absolute atomic E-state index is 0. The highest BCUT2D eigenvalue weighted by Crippen LogP contribution is 2.31. The van der Waals surface area contributed by atoms with Crippen LogP contribution in [0.15, 0.2) is 59.6 Å². The van der Waals surface area contributed by atoms with Crippen LogP contribution in [0, 0.1) is 0 Å². The molecule has 0 bridgehead atoms. The molecule has 7 heteroatoms. The van der Waals surface area contributed by atoms with Crippen LogP contribution in [-0.4, -0.2) is 38.1 Å². The van der Waals surface area contributed by atoms with Crippen LogP contribution < -0.4 is 20.7 Å². The number of amides is 1. The summed E-state index contributed by atoms with van der Waals surface area (Å²) in [7, 11) is 0. The van der Waals surface area contributed by atoms with E-state index in [-0.39, 0.29) is 35.8 Å². The highest BCUT2D eigenvalue weighted by molar-refractivity contribution is 14.0. The molecule has 1 unspecified atom stereocenters. The molecule has 1 atom stereocenters. The van der Waals surface area contributed by atoms with Gasteiger partial charge in [0.1, 0.15) is 5.75 Å². The number of anilines is 1. The first-order valence-corrected chi connectivity index (χ1v) is 10.3. The lowest BCUT2D eigenvalue weighted by Gasteiger charge is -2.24. The molecule has 0 aromatic heterocycles. The number of nitrogens with zero attached hydrogens (tertiary/aromatic N) is 1. The lowest BCUT2D eigenvalue weighted by atomic mass is 9.91. The number of hydrogen-bond acceptors (Lipinski definition) is 3. The first-order valence-electron chi connectivity index (χ1n) is 10.3. The molecular formula is C23H31IN4O2. The van der Waals surface area contributed by atoms with Crippen LogP contribution >= 0.6 is 24.0 Å². The van der Waals surface area contributed by atoms with E-state index in [0.717, 1.165) is 48.9 Å². The topological polar surface area (TPSA) is 74.8 Å². The second kappa shape index (κ2) is 13.1. The summed E-state index contributed by atoms with van der Waals surface area (Å²) in [5, 5.41) is 9.60. The normalized spacial score (nSPS) is 15.4. The Morgan fingerprint density at radius 3 is 2.67 bits per heavy atom. The number of unbranched alkanes of at least 4 members (excludes halogenated alkanes) is 1. The summed E-state index contributed by atoms with van der Waals surface area (Å²) in [6, 6.07) is 17.8. The van der Waals surface area contributed by atoms with Crippen LogP contribution in [0.5, 0.6) is 5.75 Å². The highest BCUT2D eigenvalue weighted by atomic mass is 127. The van der Waals surface area contributed by atoms with E-state index in [1.807, 2.05) is 55.5 Å². The van der Waals surface area contributed by atoms with Gasteiger partial charge in [0, 0.05) is 31.1 Å². The van der Waals surface area contributed by atoms with Gasteiger partial charge in [-0.2, -0.15) is 0 Å². The van der Waals surface area contributed by atoms with E-state index in [1.165, 1.54) is 0 Å². The van der Waals surface area contributed by atoms with Crippen molar-refractivity contribution in [1.29, 1.82) is 0 Å². The third-order valence-electron chi connectivity index (χ3n) is 4.80. The molecule has 0 radical (unpaired) electrons. The van der Waals surface area contributed by atoms with Crippen LogP contribution in [0.25, 0.3) is 0 Å². The van der Waals surface area contributed by atoms with Gasteiger partial charge in [0.2, 0.25) is 5.91 Å². The number of hydrogen-bond donors (Lipinski definition) is 3. The molecule has 1 aliphatic heterocycles. The Morgan fingerprint density at radius 2 is 1.87 bits per heavy atom.